The molecule has 0 fully saturated rings. The van der Waals surface area contributed by atoms with E-state index in [-0.39, 0.29) is 0 Å². The number of aliphatic hydroxyl groups is 1. The fourth-order valence-corrected chi connectivity index (χ4v) is 1.13. The number of anilines is 1. The van der Waals surface area contributed by atoms with Crippen LogP contribution in [0.25, 0.3) is 0 Å². The molecule has 1 aromatic rings. The van der Waals surface area contributed by atoms with Gasteiger partial charge in [0.25, 0.3) is 0 Å². The van der Waals surface area contributed by atoms with Gasteiger partial charge < -0.3 is 15.6 Å². The summed E-state index contributed by atoms with van der Waals surface area (Å²) in [5, 5.41) is 9.22. The number of hydrogen-bond acceptors (Lipinski definition) is 4. The maximum atomic E-state index is 9.22. The Balaban J connectivity index is 3.01. The van der Waals surface area contributed by atoms with Gasteiger partial charge in [0.1, 0.15) is 5.69 Å². The molecule has 0 radical (unpaired) electrons. The van der Waals surface area contributed by atoms with Gasteiger partial charge in [-0.1, -0.05) is 0 Å². The van der Waals surface area contributed by atoms with E-state index in [1.165, 1.54) is 7.11 Å². The number of aliphatic hydroxyl groups excluding tert-OH is 1. The molecular weight excluding hydrogens is 224 g/mol. The van der Waals surface area contributed by atoms with Gasteiger partial charge in [0.2, 0.25) is 0 Å². The van der Waals surface area contributed by atoms with Gasteiger partial charge in [-0.2, -0.15) is 0 Å². The molecule has 0 saturated carbocycles. The van der Waals surface area contributed by atoms with Gasteiger partial charge in [-0.15, -0.1) is 0 Å². The van der Waals surface area contributed by atoms with Crippen LogP contribution in [0.4, 0.5) is 5.69 Å². The first-order valence-corrected chi connectivity index (χ1v) is 4.06. The number of pyridine rings is 1. The van der Waals surface area contributed by atoms with E-state index < -0.39 is 6.29 Å². The molecule has 0 aliphatic rings. The fraction of sp³-hybridized carbons (Fsp3) is 0.286. The second-order valence-corrected chi connectivity index (χ2v) is 3.13. The number of rotatable bonds is 2. The molecule has 0 spiro atoms. The summed E-state index contributed by atoms with van der Waals surface area (Å²) in [5.74, 6) is 0. The van der Waals surface area contributed by atoms with Crippen molar-refractivity contribution in [2.24, 2.45) is 0 Å². The Kier molecular flexibility index (Phi) is 3.02. The Morgan fingerprint density at radius 3 is 2.92 bits per heavy atom. The molecule has 12 heavy (non-hydrogen) atoms. The molecule has 0 saturated heterocycles. The molecule has 66 valence electrons. The number of halogens is 1. The van der Waals surface area contributed by atoms with Gasteiger partial charge in [-0.05, 0) is 22.0 Å². The van der Waals surface area contributed by atoms with E-state index in [0.29, 0.717) is 11.4 Å². The second kappa shape index (κ2) is 3.84. The Hall–Kier alpha value is -0.650. The van der Waals surface area contributed by atoms with Crippen LogP contribution in [0.15, 0.2) is 16.7 Å². The fourth-order valence-electron chi connectivity index (χ4n) is 0.783. The Morgan fingerprint density at radius 2 is 2.42 bits per heavy atom. The molecule has 4 nitrogen and oxygen atoms in total. The molecule has 1 heterocycles. The van der Waals surface area contributed by atoms with Crippen molar-refractivity contribution in [3.05, 3.63) is 22.4 Å². The van der Waals surface area contributed by atoms with Crippen LogP contribution in [0.5, 0.6) is 0 Å². The average molecular weight is 233 g/mol. The molecule has 0 aliphatic carbocycles. The van der Waals surface area contributed by atoms with Gasteiger partial charge in [-0.3, -0.25) is 4.98 Å². The normalized spacial score (nSPS) is 12.9. The molecular formula is C7H9BrN2O2. The van der Waals surface area contributed by atoms with Crippen LogP contribution in [0.1, 0.15) is 12.0 Å². The van der Waals surface area contributed by atoms with Crippen molar-refractivity contribution in [1.29, 1.82) is 0 Å². The van der Waals surface area contributed by atoms with Crippen LogP contribution < -0.4 is 5.73 Å². The minimum absolute atomic E-state index is 0.334. The summed E-state index contributed by atoms with van der Waals surface area (Å²) in [4.78, 5) is 3.90. The minimum atomic E-state index is -1.06. The predicted molar refractivity (Wildman–Crippen MR) is 48.3 cm³/mol. The highest BCUT2D eigenvalue weighted by Gasteiger charge is 2.10. The van der Waals surface area contributed by atoms with Crippen molar-refractivity contribution in [2.45, 2.75) is 6.29 Å². The lowest BCUT2D eigenvalue weighted by atomic mass is 10.3. The van der Waals surface area contributed by atoms with Crippen LogP contribution in [0.2, 0.25) is 0 Å². The van der Waals surface area contributed by atoms with Crippen molar-refractivity contribution in [2.75, 3.05) is 12.8 Å². The molecule has 1 unspecified atom stereocenters. The molecule has 0 amide bonds. The number of nitrogens with zero attached hydrogens (tertiary/aromatic N) is 1. The van der Waals surface area contributed by atoms with Crippen molar-refractivity contribution < 1.29 is 9.84 Å². The highest BCUT2D eigenvalue weighted by Crippen LogP contribution is 2.21. The minimum Gasteiger partial charge on any atom is -0.397 e. The van der Waals surface area contributed by atoms with Crippen LogP contribution in [-0.4, -0.2) is 17.2 Å². The van der Waals surface area contributed by atoms with E-state index in [2.05, 4.69) is 25.7 Å². The summed E-state index contributed by atoms with van der Waals surface area (Å²) in [6.07, 6.45) is 0.492. The number of nitrogens with two attached hydrogens (primary N) is 1. The third-order valence-corrected chi connectivity index (χ3v) is 1.81. The lowest BCUT2D eigenvalue weighted by molar-refractivity contribution is -0.0793. The number of aromatic nitrogens is 1. The SMILES string of the molecule is COC(O)c1ncc(Br)cc1N. The number of nitrogen functional groups attached to an aromatic ring is 1. The topological polar surface area (TPSA) is 68.4 Å². The Morgan fingerprint density at radius 1 is 1.75 bits per heavy atom. The highest BCUT2D eigenvalue weighted by atomic mass is 79.9. The van der Waals surface area contributed by atoms with Crippen LogP contribution in [0.3, 0.4) is 0 Å². The van der Waals surface area contributed by atoms with E-state index in [9.17, 15) is 5.11 Å². The molecule has 0 aromatic carbocycles. The molecule has 0 bridgehead atoms. The summed E-state index contributed by atoms with van der Waals surface area (Å²) in [6.45, 7) is 0. The largest absolute Gasteiger partial charge is 0.397 e. The van der Waals surface area contributed by atoms with Crippen LogP contribution in [-0.2, 0) is 4.74 Å². The lowest BCUT2D eigenvalue weighted by Gasteiger charge is -2.09. The maximum Gasteiger partial charge on any atom is 0.200 e. The molecule has 1 aromatic heterocycles. The lowest BCUT2D eigenvalue weighted by Crippen LogP contribution is -2.06. The Labute approximate surface area is 78.5 Å². The number of methoxy groups -OCH3 is 1. The van der Waals surface area contributed by atoms with Crippen molar-refractivity contribution in [3.63, 3.8) is 0 Å². The highest BCUT2D eigenvalue weighted by molar-refractivity contribution is 9.10. The van der Waals surface area contributed by atoms with Gasteiger partial charge in [0.05, 0.1) is 5.69 Å². The monoisotopic (exact) mass is 232 g/mol. The van der Waals surface area contributed by atoms with E-state index in [0.717, 1.165) is 4.47 Å². The first-order valence-electron chi connectivity index (χ1n) is 3.27. The summed E-state index contributed by atoms with van der Waals surface area (Å²) in [6, 6.07) is 1.66. The zero-order valence-corrected chi connectivity index (χ0v) is 8.08. The number of ether oxygens (including phenoxy) is 1. The summed E-state index contributed by atoms with van der Waals surface area (Å²) in [7, 11) is 1.38. The molecule has 1 atom stereocenters. The van der Waals surface area contributed by atoms with Gasteiger partial charge in [0.15, 0.2) is 6.29 Å². The van der Waals surface area contributed by atoms with Gasteiger partial charge in [0, 0.05) is 17.8 Å². The molecule has 0 aliphatic heterocycles. The van der Waals surface area contributed by atoms with Crippen LogP contribution >= 0.6 is 15.9 Å². The average Bonchev–Trinajstić information content (AvgIpc) is 2.03. The van der Waals surface area contributed by atoms with Crippen molar-refractivity contribution in [1.82, 2.24) is 4.98 Å². The van der Waals surface area contributed by atoms with Crippen molar-refractivity contribution >= 4 is 21.6 Å². The third kappa shape index (κ3) is 1.94. The summed E-state index contributed by atoms with van der Waals surface area (Å²) < 4.78 is 5.43. The summed E-state index contributed by atoms with van der Waals surface area (Å²) >= 11 is 3.20. The standard InChI is InChI=1S/C7H9BrN2O2/c1-12-7(11)6-5(9)2-4(8)3-10-6/h2-3,7,11H,9H2,1H3. The Bertz CT molecular complexity index is 280. The van der Waals surface area contributed by atoms with E-state index in [4.69, 9.17) is 5.73 Å². The van der Waals surface area contributed by atoms with E-state index in [1.807, 2.05) is 0 Å². The first kappa shape index (κ1) is 9.44. The quantitative estimate of drug-likeness (QED) is 0.749. The summed E-state index contributed by atoms with van der Waals surface area (Å²) in [5.41, 5.74) is 6.30. The zero-order valence-electron chi connectivity index (χ0n) is 6.49. The van der Waals surface area contributed by atoms with Gasteiger partial charge in [-0.25, -0.2) is 0 Å². The number of hydrogen-bond donors (Lipinski definition) is 2. The second-order valence-electron chi connectivity index (χ2n) is 2.22. The maximum absolute atomic E-state index is 9.22. The zero-order chi connectivity index (χ0) is 9.14. The van der Waals surface area contributed by atoms with E-state index in [1.54, 1.807) is 12.3 Å². The first-order chi connectivity index (χ1) is 5.65. The molecule has 3 N–H and O–H groups in total. The van der Waals surface area contributed by atoms with Gasteiger partial charge >= 0.3 is 0 Å². The smallest absolute Gasteiger partial charge is 0.200 e. The van der Waals surface area contributed by atoms with Crippen LogP contribution in [0, 0.1) is 0 Å². The molecule has 5 heteroatoms. The van der Waals surface area contributed by atoms with E-state index >= 15 is 0 Å². The molecule has 1 rings (SSSR count). The van der Waals surface area contributed by atoms with Crippen molar-refractivity contribution in [3.8, 4) is 0 Å². The third-order valence-electron chi connectivity index (χ3n) is 1.37. The predicted octanol–water partition coefficient (Wildman–Crippen LogP) is 1.06.